The largest absolute Gasteiger partial charge is 0.462 e. The van der Waals surface area contributed by atoms with Gasteiger partial charge in [-0.1, -0.05) is 0 Å². The number of nitriles is 1. The number of quaternary nitrogens is 1. The predicted octanol–water partition coefficient (Wildman–Crippen LogP) is 0.0375. The van der Waals surface area contributed by atoms with Crippen LogP contribution in [0.5, 0.6) is 0 Å². The summed E-state index contributed by atoms with van der Waals surface area (Å²) in [4.78, 5) is 0. The van der Waals surface area contributed by atoms with Gasteiger partial charge in [0.25, 0.3) is 0 Å². The van der Waals surface area contributed by atoms with Gasteiger partial charge in [0.2, 0.25) is 6.04 Å². The lowest BCUT2D eigenvalue weighted by molar-refractivity contribution is -0.658. The highest BCUT2D eigenvalue weighted by atomic mass is 16.3. The second-order valence-corrected chi connectivity index (χ2v) is 1.96. The van der Waals surface area contributed by atoms with Crippen LogP contribution in [0.1, 0.15) is 11.8 Å². The van der Waals surface area contributed by atoms with Crippen molar-refractivity contribution in [2.24, 2.45) is 0 Å². The minimum atomic E-state index is -0.199. The SMILES string of the molecule is C[NH2+]C(C#N)c1ccco1. The molecule has 1 unspecified atom stereocenters. The quantitative estimate of drug-likeness (QED) is 0.625. The Bertz CT molecular complexity index is 222. The van der Waals surface area contributed by atoms with Gasteiger partial charge in [-0.05, 0) is 12.1 Å². The first-order valence-electron chi connectivity index (χ1n) is 3.11. The first-order chi connectivity index (χ1) is 4.88. The van der Waals surface area contributed by atoms with E-state index in [4.69, 9.17) is 9.68 Å². The molecule has 2 N–H and O–H groups in total. The maximum absolute atomic E-state index is 8.56. The van der Waals surface area contributed by atoms with Crippen molar-refractivity contribution in [1.82, 2.24) is 0 Å². The van der Waals surface area contributed by atoms with Crippen molar-refractivity contribution in [2.45, 2.75) is 6.04 Å². The topological polar surface area (TPSA) is 53.5 Å². The molecule has 1 atom stereocenters. The van der Waals surface area contributed by atoms with Gasteiger partial charge in [0.15, 0.2) is 5.76 Å². The van der Waals surface area contributed by atoms with E-state index < -0.39 is 0 Å². The summed E-state index contributed by atoms with van der Waals surface area (Å²) < 4.78 is 5.02. The van der Waals surface area contributed by atoms with E-state index in [1.165, 1.54) is 0 Å². The second-order valence-electron chi connectivity index (χ2n) is 1.96. The van der Waals surface area contributed by atoms with E-state index in [-0.39, 0.29) is 6.04 Å². The lowest BCUT2D eigenvalue weighted by Gasteiger charge is -1.97. The summed E-state index contributed by atoms with van der Waals surface area (Å²) in [5.74, 6) is 0.713. The van der Waals surface area contributed by atoms with Gasteiger partial charge in [0.1, 0.15) is 6.07 Å². The Morgan fingerprint density at radius 2 is 2.60 bits per heavy atom. The molecule has 0 saturated heterocycles. The maximum atomic E-state index is 8.56. The molecule has 0 spiro atoms. The molecule has 0 saturated carbocycles. The zero-order valence-corrected chi connectivity index (χ0v) is 5.74. The fourth-order valence-electron chi connectivity index (χ4n) is 0.771. The summed E-state index contributed by atoms with van der Waals surface area (Å²) in [7, 11) is 1.84. The van der Waals surface area contributed by atoms with E-state index in [1.54, 1.807) is 23.7 Å². The van der Waals surface area contributed by atoms with Crippen molar-refractivity contribution >= 4 is 0 Å². The zero-order chi connectivity index (χ0) is 7.40. The third-order valence-electron chi connectivity index (χ3n) is 1.32. The number of nitrogens with two attached hydrogens (primary N) is 1. The number of rotatable bonds is 2. The zero-order valence-electron chi connectivity index (χ0n) is 5.74. The van der Waals surface area contributed by atoms with E-state index in [9.17, 15) is 0 Å². The van der Waals surface area contributed by atoms with E-state index in [0.717, 1.165) is 0 Å². The van der Waals surface area contributed by atoms with Gasteiger partial charge < -0.3 is 9.73 Å². The molecule has 10 heavy (non-hydrogen) atoms. The summed E-state index contributed by atoms with van der Waals surface area (Å²) in [5.41, 5.74) is 0. The molecule has 1 rings (SSSR count). The van der Waals surface area contributed by atoms with Crippen LogP contribution in [0, 0.1) is 11.3 Å². The number of hydrogen-bond donors (Lipinski definition) is 1. The van der Waals surface area contributed by atoms with E-state index in [0.29, 0.717) is 5.76 Å². The molecule has 0 radical (unpaired) electrons. The Kier molecular flexibility index (Phi) is 2.08. The van der Waals surface area contributed by atoms with Crippen LogP contribution < -0.4 is 5.32 Å². The number of nitrogens with zero attached hydrogens (tertiary/aromatic N) is 1. The number of furan rings is 1. The highest BCUT2D eigenvalue weighted by Crippen LogP contribution is 2.06. The molecule has 0 bridgehead atoms. The molecule has 1 aromatic rings. The van der Waals surface area contributed by atoms with Crippen molar-refractivity contribution in [3.8, 4) is 6.07 Å². The Labute approximate surface area is 59.3 Å². The Hall–Kier alpha value is -1.27. The van der Waals surface area contributed by atoms with E-state index in [1.807, 2.05) is 7.05 Å². The van der Waals surface area contributed by atoms with Crippen molar-refractivity contribution in [3.05, 3.63) is 24.2 Å². The molecule has 0 amide bonds. The predicted molar refractivity (Wildman–Crippen MR) is 34.9 cm³/mol. The van der Waals surface area contributed by atoms with Gasteiger partial charge in [-0.15, -0.1) is 0 Å². The molecule has 0 aliphatic heterocycles. The Morgan fingerprint density at radius 3 is 3.00 bits per heavy atom. The van der Waals surface area contributed by atoms with Crippen LogP contribution in [-0.2, 0) is 0 Å². The van der Waals surface area contributed by atoms with Crippen LogP contribution in [0.4, 0.5) is 0 Å². The van der Waals surface area contributed by atoms with Gasteiger partial charge in [-0.2, -0.15) is 5.26 Å². The third-order valence-corrected chi connectivity index (χ3v) is 1.32. The van der Waals surface area contributed by atoms with Gasteiger partial charge >= 0.3 is 0 Å². The molecule has 0 fully saturated rings. The maximum Gasteiger partial charge on any atom is 0.231 e. The average molecular weight is 137 g/mol. The van der Waals surface area contributed by atoms with Gasteiger partial charge in [0.05, 0.1) is 13.3 Å². The fraction of sp³-hybridized carbons (Fsp3) is 0.286. The minimum Gasteiger partial charge on any atom is -0.462 e. The van der Waals surface area contributed by atoms with Crippen LogP contribution in [0.15, 0.2) is 22.8 Å². The van der Waals surface area contributed by atoms with Gasteiger partial charge in [0, 0.05) is 0 Å². The molecule has 0 aromatic carbocycles. The van der Waals surface area contributed by atoms with Gasteiger partial charge in [-0.25, -0.2) is 0 Å². The Balaban J connectivity index is 2.76. The van der Waals surface area contributed by atoms with Crippen LogP contribution in [0.3, 0.4) is 0 Å². The monoisotopic (exact) mass is 137 g/mol. The molecule has 0 aliphatic rings. The molecule has 0 aliphatic carbocycles. The highest BCUT2D eigenvalue weighted by molar-refractivity contribution is 5.08. The average Bonchev–Trinajstić information content (AvgIpc) is 2.43. The van der Waals surface area contributed by atoms with Crippen molar-refractivity contribution in [2.75, 3.05) is 7.05 Å². The first-order valence-corrected chi connectivity index (χ1v) is 3.11. The fourth-order valence-corrected chi connectivity index (χ4v) is 0.771. The second kappa shape index (κ2) is 3.04. The van der Waals surface area contributed by atoms with Crippen molar-refractivity contribution in [3.63, 3.8) is 0 Å². The molecule has 52 valence electrons. The van der Waals surface area contributed by atoms with E-state index >= 15 is 0 Å². The smallest absolute Gasteiger partial charge is 0.231 e. The lowest BCUT2D eigenvalue weighted by atomic mass is 10.2. The van der Waals surface area contributed by atoms with Crippen LogP contribution in [0.25, 0.3) is 0 Å². The standard InChI is InChI=1S/C7H8N2O/c1-9-6(5-8)7-3-2-4-10-7/h2-4,6,9H,1H3/p+1. The van der Waals surface area contributed by atoms with E-state index in [2.05, 4.69) is 6.07 Å². The van der Waals surface area contributed by atoms with Crippen LogP contribution >= 0.6 is 0 Å². The summed E-state index contributed by atoms with van der Waals surface area (Å²) in [6, 6.07) is 5.49. The summed E-state index contributed by atoms with van der Waals surface area (Å²) in [6.45, 7) is 0. The lowest BCUT2D eigenvalue weighted by Crippen LogP contribution is -2.80. The Morgan fingerprint density at radius 1 is 1.80 bits per heavy atom. The van der Waals surface area contributed by atoms with Crippen LogP contribution in [0.2, 0.25) is 0 Å². The molecule has 1 aromatic heterocycles. The summed E-state index contributed by atoms with van der Waals surface area (Å²) >= 11 is 0. The normalized spacial score (nSPS) is 12.4. The summed E-state index contributed by atoms with van der Waals surface area (Å²) in [6.07, 6.45) is 1.57. The number of hydrogen-bond acceptors (Lipinski definition) is 2. The summed E-state index contributed by atoms with van der Waals surface area (Å²) in [5, 5.41) is 10.4. The molecule has 3 heteroatoms. The molecule has 3 nitrogen and oxygen atoms in total. The molecule has 1 heterocycles. The first kappa shape index (κ1) is 6.84. The molecular weight excluding hydrogens is 128 g/mol. The van der Waals surface area contributed by atoms with Crippen LogP contribution in [-0.4, -0.2) is 7.05 Å². The molecular formula is C7H9N2O+. The van der Waals surface area contributed by atoms with Crippen molar-refractivity contribution in [1.29, 1.82) is 5.26 Å². The van der Waals surface area contributed by atoms with Crippen molar-refractivity contribution < 1.29 is 9.73 Å². The highest BCUT2D eigenvalue weighted by Gasteiger charge is 2.12. The van der Waals surface area contributed by atoms with Gasteiger partial charge in [-0.3, -0.25) is 0 Å². The minimum absolute atomic E-state index is 0.199. The third kappa shape index (κ3) is 1.17.